The molecule has 0 aliphatic carbocycles. The maximum atomic E-state index is 13.7. The van der Waals surface area contributed by atoms with Crippen LogP contribution < -0.4 is 14.8 Å². The molecule has 1 aliphatic rings. The third-order valence-corrected chi connectivity index (χ3v) is 6.56. The number of aryl methyl sites for hydroxylation is 1. The zero-order chi connectivity index (χ0) is 24.9. The number of pyridine rings is 1. The van der Waals surface area contributed by atoms with Gasteiger partial charge in [0.1, 0.15) is 5.75 Å². The predicted octanol–water partition coefficient (Wildman–Crippen LogP) is 4.17. The standard InChI is InChI=1S/C28H27BrN2O4/c1-3-4-14-35-23-12-9-21(15-18(23)2)26(32)24-25(20-7-10-22(29)11-8-20)31(28(34)27(24)33)17-19-6-5-13-30-16-19/h5-13,15-16,25,32H,3-4,14,17H2,1-2H3. The van der Waals surface area contributed by atoms with Crippen molar-refractivity contribution < 1.29 is 24.4 Å². The summed E-state index contributed by atoms with van der Waals surface area (Å²) in [7, 11) is 0. The number of hydrogen-bond acceptors (Lipinski definition) is 4. The molecule has 180 valence electrons. The summed E-state index contributed by atoms with van der Waals surface area (Å²) in [6.07, 6.45) is 5.51. The summed E-state index contributed by atoms with van der Waals surface area (Å²) >= 11 is 3.43. The lowest BCUT2D eigenvalue weighted by Crippen LogP contribution is -2.29. The average Bonchev–Trinajstić information content (AvgIpc) is 3.10. The van der Waals surface area contributed by atoms with Gasteiger partial charge in [-0.25, -0.2) is 4.98 Å². The molecular weight excluding hydrogens is 508 g/mol. The zero-order valence-corrected chi connectivity index (χ0v) is 21.3. The van der Waals surface area contributed by atoms with Gasteiger partial charge in [-0.1, -0.05) is 53.2 Å². The normalized spacial score (nSPS) is 17.1. The fourth-order valence-electron chi connectivity index (χ4n) is 4.19. The molecule has 4 rings (SSSR count). The van der Waals surface area contributed by atoms with Crippen molar-refractivity contribution in [3.05, 3.63) is 99.3 Å². The molecule has 2 heterocycles. The Kier molecular flexibility index (Phi) is 7.66. The highest BCUT2D eigenvalue weighted by Crippen LogP contribution is 2.40. The number of benzene rings is 2. The molecule has 1 saturated heterocycles. The van der Waals surface area contributed by atoms with Crippen LogP contribution in [0.1, 0.15) is 48.1 Å². The van der Waals surface area contributed by atoms with Gasteiger partial charge >= 0.3 is 0 Å². The van der Waals surface area contributed by atoms with Gasteiger partial charge < -0.3 is 14.7 Å². The van der Waals surface area contributed by atoms with Gasteiger partial charge in [0, 0.05) is 21.7 Å². The number of aromatic nitrogens is 1. The summed E-state index contributed by atoms with van der Waals surface area (Å²) in [6, 6.07) is 15.4. The number of ether oxygens (including phenoxy) is 1. The fourth-order valence-corrected chi connectivity index (χ4v) is 4.45. The number of likely N-dealkylation sites (tertiary alicyclic amines) is 1. The molecule has 0 radical (unpaired) electrons. The second kappa shape index (κ2) is 10.9. The van der Waals surface area contributed by atoms with Gasteiger partial charge in [-0.2, -0.15) is 0 Å². The van der Waals surface area contributed by atoms with Gasteiger partial charge in [-0.3, -0.25) is 9.59 Å². The van der Waals surface area contributed by atoms with Crippen LogP contribution in [0.4, 0.5) is 0 Å². The molecule has 0 saturated carbocycles. The Morgan fingerprint density at radius 1 is 1.14 bits per heavy atom. The first-order valence-electron chi connectivity index (χ1n) is 11.6. The molecule has 3 aromatic rings. The Balaban J connectivity index is 1.77. The molecule has 1 aromatic heterocycles. The van der Waals surface area contributed by atoms with Crippen molar-refractivity contribution in [2.75, 3.05) is 6.61 Å². The summed E-state index contributed by atoms with van der Waals surface area (Å²) in [4.78, 5) is 30.8. The maximum absolute atomic E-state index is 13.7. The van der Waals surface area contributed by atoms with Crippen LogP contribution in [-0.2, 0) is 16.1 Å². The van der Waals surface area contributed by atoms with Crippen LogP contribution >= 0.6 is 15.9 Å². The highest BCUT2D eigenvalue weighted by atomic mass is 79.9. The van der Waals surface area contributed by atoms with E-state index < -0.39 is 23.5 Å². The Hall–Kier alpha value is -3.45. The second-order valence-electron chi connectivity index (χ2n) is 8.55. The number of amides is 1. The highest BCUT2D eigenvalue weighted by Gasteiger charge is 2.44. The highest BCUT2D eigenvalue weighted by molar-refractivity contribution is 9.10. The van der Waals surface area contributed by atoms with E-state index >= 15 is 0 Å². The Bertz CT molecular complexity index is 1260. The molecule has 6 nitrogen and oxygen atoms in total. The minimum Gasteiger partial charge on any atom is -0.872 e. The number of Topliss-reactive ketones (excluding diaryl/α,β-unsaturated/α-hetero) is 1. The smallest absolute Gasteiger partial charge is 0.295 e. The van der Waals surface area contributed by atoms with E-state index in [2.05, 4.69) is 27.8 Å². The molecule has 0 bridgehead atoms. The monoisotopic (exact) mass is 534 g/mol. The molecule has 2 aromatic carbocycles. The third kappa shape index (κ3) is 5.30. The number of ketones is 1. The van der Waals surface area contributed by atoms with Gasteiger partial charge in [0.25, 0.3) is 5.91 Å². The first-order valence-corrected chi connectivity index (χ1v) is 12.4. The van der Waals surface area contributed by atoms with Crippen molar-refractivity contribution in [1.29, 1.82) is 0 Å². The van der Waals surface area contributed by atoms with Gasteiger partial charge in [-0.05, 0) is 60.4 Å². The molecule has 1 amide bonds. The summed E-state index contributed by atoms with van der Waals surface area (Å²) < 4.78 is 6.67. The first kappa shape index (κ1) is 24.7. The molecule has 0 spiro atoms. The minimum absolute atomic E-state index is 0.0312. The summed E-state index contributed by atoms with van der Waals surface area (Å²) in [5.41, 5.74) is 2.66. The second-order valence-corrected chi connectivity index (χ2v) is 9.47. The van der Waals surface area contributed by atoms with E-state index in [0.717, 1.165) is 28.4 Å². The number of halogens is 1. The number of carbonyl (C=O) groups is 2. The van der Waals surface area contributed by atoms with Crippen LogP contribution in [0.25, 0.3) is 5.76 Å². The quantitative estimate of drug-likeness (QED) is 0.188. The van der Waals surface area contributed by atoms with Crippen molar-refractivity contribution in [1.82, 2.24) is 4.90 Å². The topological polar surface area (TPSA) is 83.8 Å². The van der Waals surface area contributed by atoms with Crippen molar-refractivity contribution >= 4 is 33.4 Å². The van der Waals surface area contributed by atoms with Crippen LogP contribution in [0.15, 0.2) is 77.0 Å². The van der Waals surface area contributed by atoms with E-state index in [1.54, 1.807) is 30.6 Å². The van der Waals surface area contributed by atoms with E-state index in [0.29, 0.717) is 23.5 Å². The Morgan fingerprint density at radius 2 is 1.91 bits per heavy atom. The zero-order valence-electron chi connectivity index (χ0n) is 19.7. The van der Waals surface area contributed by atoms with Crippen molar-refractivity contribution in [3.8, 4) is 5.75 Å². The lowest BCUT2D eigenvalue weighted by atomic mass is 9.94. The van der Waals surface area contributed by atoms with Gasteiger partial charge in [0.05, 0.1) is 19.2 Å². The van der Waals surface area contributed by atoms with E-state index in [-0.39, 0.29) is 12.1 Å². The minimum atomic E-state index is -0.781. The van der Waals surface area contributed by atoms with E-state index in [9.17, 15) is 14.7 Å². The van der Waals surface area contributed by atoms with Crippen LogP contribution in [0.3, 0.4) is 0 Å². The first-order chi connectivity index (χ1) is 16.9. The lowest BCUT2D eigenvalue weighted by molar-refractivity contribution is -0.378. The van der Waals surface area contributed by atoms with Crippen LogP contribution in [-0.4, -0.2) is 23.2 Å². The number of H-pyrrole nitrogens is 1. The van der Waals surface area contributed by atoms with Crippen molar-refractivity contribution in [2.24, 2.45) is 0 Å². The molecule has 1 unspecified atom stereocenters. The Labute approximate surface area is 213 Å². The van der Waals surface area contributed by atoms with Gasteiger partial charge in [0.15, 0.2) is 12.4 Å². The van der Waals surface area contributed by atoms with Crippen LogP contribution in [0.2, 0.25) is 0 Å². The number of nitrogens with one attached hydrogen (secondary N) is 1. The maximum Gasteiger partial charge on any atom is 0.295 e. The number of aromatic amines is 1. The lowest BCUT2D eigenvalue weighted by Gasteiger charge is -2.27. The van der Waals surface area contributed by atoms with Gasteiger partial charge in [-0.15, -0.1) is 0 Å². The SMILES string of the molecule is CCCCOc1ccc(C([O-])=C2C(=O)C(=O)N(Cc3ccc[nH+]c3)C2c2ccc(Br)cc2)cc1C. The summed E-state index contributed by atoms with van der Waals surface area (Å²) in [5, 5.41) is 13.7. The molecular formula is C28H27BrN2O4. The molecule has 1 N–H and O–H groups in total. The summed E-state index contributed by atoms with van der Waals surface area (Å²) in [6.45, 7) is 4.76. The molecule has 1 atom stereocenters. The van der Waals surface area contributed by atoms with Crippen LogP contribution in [0.5, 0.6) is 5.75 Å². The molecule has 1 fully saturated rings. The van der Waals surface area contributed by atoms with E-state index in [1.807, 2.05) is 43.3 Å². The number of carbonyl (C=O) groups excluding carboxylic acids is 2. The number of rotatable bonds is 8. The number of hydrogen-bond donors (Lipinski definition) is 0. The van der Waals surface area contributed by atoms with Crippen LogP contribution in [0, 0.1) is 6.92 Å². The molecule has 1 aliphatic heterocycles. The Morgan fingerprint density at radius 3 is 2.57 bits per heavy atom. The van der Waals surface area contributed by atoms with Gasteiger partial charge in [0.2, 0.25) is 5.78 Å². The van der Waals surface area contributed by atoms with Crippen molar-refractivity contribution in [2.45, 2.75) is 39.3 Å². The summed E-state index contributed by atoms with van der Waals surface area (Å²) in [5.74, 6) is -1.17. The van der Waals surface area contributed by atoms with E-state index in [4.69, 9.17) is 4.74 Å². The average molecular weight is 535 g/mol. The van der Waals surface area contributed by atoms with E-state index in [1.165, 1.54) is 4.90 Å². The predicted molar refractivity (Wildman–Crippen MR) is 134 cm³/mol. The third-order valence-electron chi connectivity index (χ3n) is 6.03. The molecule has 35 heavy (non-hydrogen) atoms. The van der Waals surface area contributed by atoms with Crippen molar-refractivity contribution in [3.63, 3.8) is 0 Å². The largest absolute Gasteiger partial charge is 0.872 e. The number of nitrogens with zero attached hydrogens (tertiary/aromatic N) is 1. The molecule has 7 heteroatoms. The fraction of sp³-hybridized carbons (Fsp3) is 0.250. The number of unbranched alkanes of at least 4 members (excludes halogenated alkanes) is 1.